The monoisotopic (exact) mass is 249 g/mol. The van der Waals surface area contributed by atoms with Crippen LogP contribution in [0.25, 0.3) is 0 Å². The van der Waals surface area contributed by atoms with Gasteiger partial charge in [0.1, 0.15) is 6.17 Å². The zero-order valence-electron chi connectivity index (χ0n) is 10.6. The molecule has 0 aliphatic carbocycles. The fraction of sp³-hybridized carbons (Fsp3) is 0.600. The first-order valence-corrected chi connectivity index (χ1v) is 6.82. The Hall–Kier alpha value is -0.930. The molecular formula is C15H20FNO. The van der Waals surface area contributed by atoms with E-state index in [2.05, 4.69) is 4.90 Å². The lowest BCUT2D eigenvalue weighted by molar-refractivity contribution is -0.00305. The third-order valence-electron chi connectivity index (χ3n) is 4.37. The Labute approximate surface area is 108 Å². The summed E-state index contributed by atoms with van der Waals surface area (Å²) in [5.41, 5.74) is 0.848. The Morgan fingerprint density at radius 1 is 1.28 bits per heavy atom. The fourth-order valence-electron chi connectivity index (χ4n) is 3.36. The molecule has 2 atom stereocenters. The van der Waals surface area contributed by atoms with E-state index in [1.54, 1.807) is 0 Å². The number of halogens is 1. The molecular weight excluding hydrogens is 229 g/mol. The van der Waals surface area contributed by atoms with Crippen LogP contribution in [0.4, 0.5) is 4.39 Å². The summed E-state index contributed by atoms with van der Waals surface area (Å²) < 4.78 is 19.9. The van der Waals surface area contributed by atoms with Crippen molar-refractivity contribution in [3.63, 3.8) is 0 Å². The van der Waals surface area contributed by atoms with Crippen molar-refractivity contribution in [1.82, 2.24) is 4.90 Å². The highest BCUT2D eigenvalue weighted by molar-refractivity contribution is 5.13. The molecule has 0 aromatic heterocycles. The van der Waals surface area contributed by atoms with Gasteiger partial charge >= 0.3 is 0 Å². The molecule has 2 aliphatic rings. The van der Waals surface area contributed by atoms with Gasteiger partial charge < -0.3 is 4.74 Å². The van der Waals surface area contributed by atoms with E-state index in [9.17, 15) is 4.39 Å². The Morgan fingerprint density at radius 2 is 2.11 bits per heavy atom. The average molecular weight is 249 g/mol. The van der Waals surface area contributed by atoms with Crippen LogP contribution in [0.2, 0.25) is 0 Å². The Balaban J connectivity index is 1.59. The summed E-state index contributed by atoms with van der Waals surface area (Å²) in [6.45, 7) is 3.05. The van der Waals surface area contributed by atoms with Crippen molar-refractivity contribution in [2.45, 2.75) is 37.6 Å². The molecule has 2 nitrogen and oxygen atoms in total. The minimum absolute atomic E-state index is 0.311. The topological polar surface area (TPSA) is 12.5 Å². The minimum Gasteiger partial charge on any atom is -0.375 e. The summed E-state index contributed by atoms with van der Waals surface area (Å²) in [5, 5.41) is 0. The number of rotatable bonds is 4. The van der Waals surface area contributed by atoms with Crippen molar-refractivity contribution < 1.29 is 9.13 Å². The van der Waals surface area contributed by atoms with Crippen LogP contribution in [-0.4, -0.2) is 36.3 Å². The van der Waals surface area contributed by atoms with E-state index >= 15 is 0 Å². The molecule has 2 aliphatic heterocycles. The molecule has 0 saturated carbocycles. The SMILES string of the molecule is F[C@H]1CCN2CCC[C@]12COCc1ccccc1. The predicted molar refractivity (Wildman–Crippen MR) is 69.1 cm³/mol. The molecule has 2 heterocycles. The second-order valence-electron chi connectivity index (χ2n) is 5.43. The van der Waals surface area contributed by atoms with Crippen LogP contribution in [0.15, 0.2) is 30.3 Å². The van der Waals surface area contributed by atoms with E-state index in [0.717, 1.165) is 31.5 Å². The Morgan fingerprint density at radius 3 is 2.94 bits per heavy atom. The smallest absolute Gasteiger partial charge is 0.122 e. The molecule has 3 heteroatoms. The molecule has 0 bridgehead atoms. The normalized spacial score (nSPS) is 31.7. The maximum Gasteiger partial charge on any atom is 0.122 e. The number of fused-ring (bicyclic) bond motifs is 1. The van der Waals surface area contributed by atoms with Crippen molar-refractivity contribution in [3.05, 3.63) is 35.9 Å². The highest BCUT2D eigenvalue weighted by Crippen LogP contribution is 2.41. The van der Waals surface area contributed by atoms with Gasteiger partial charge in [0, 0.05) is 6.54 Å². The first kappa shape index (κ1) is 12.1. The first-order valence-electron chi connectivity index (χ1n) is 6.82. The molecule has 2 saturated heterocycles. The standard InChI is InChI=1S/C15H20FNO/c16-14-7-10-17-9-4-8-15(14,17)12-18-11-13-5-2-1-3-6-13/h1-3,5-6,14H,4,7-12H2/t14-,15-/m0/s1. The molecule has 1 aromatic rings. The lowest BCUT2D eigenvalue weighted by atomic mass is 9.93. The maximum absolute atomic E-state index is 14.1. The molecule has 98 valence electrons. The molecule has 3 rings (SSSR count). The Kier molecular flexibility index (Phi) is 3.35. The van der Waals surface area contributed by atoms with E-state index < -0.39 is 6.17 Å². The Bertz CT molecular complexity index is 397. The van der Waals surface area contributed by atoms with Crippen molar-refractivity contribution in [2.24, 2.45) is 0 Å². The van der Waals surface area contributed by atoms with Gasteiger partial charge in [0.15, 0.2) is 0 Å². The van der Waals surface area contributed by atoms with Gasteiger partial charge in [0.2, 0.25) is 0 Å². The molecule has 0 radical (unpaired) electrons. The van der Waals surface area contributed by atoms with Gasteiger partial charge in [-0.05, 0) is 31.4 Å². The molecule has 18 heavy (non-hydrogen) atoms. The van der Waals surface area contributed by atoms with Crippen molar-refractivity contribution >= 4 is 0 Å². The van der Waals surface area contributed by atoms with Crippen LogP contribution in [0, 0.1) is 0 Å². The van der Waals surface area contributed by atoms with Crippen LogP contribution in [0.5, 0.6) is 0 Å². The number of ether oxygens (including phenoxy) is 1. The number of hydrogen-bond donors (Lipinski definition) is 0. The van der Waals surface area contributed by atoms with E-state index in [0.29, 0.717) is 19.6 Å². The predicted octanol–water partition coefficient (Wildman–Crippen LogP) is 2.78. The first-order chi connectivity index (χ1) is 8.81. The quantitative estimate of drug-likeness (QED) is 0.813. The van der Waals surface area contributed by atoms with E-state index in [1.165, 1.54) is 0 Å². The van der Waals surface area contributed by atoms with Gasteiger partial charge in [0.25, 0.3) is 0 Å². The number of nitrogens with zero attached hydrogens (tertiary/aromatic N) is 1. The molecule has 2 fully saturated rings. The van der Waals surface area contributed by atoms with Gasteiger partial charge in [-0.15, -0.1) is 0 Å². The summed E-state index contributed by atoms with van der Waals surface area (Å²) in [5.74, 6) is 0. The van der Waals surface area contributed by atoms with Gasteiger partial charge in [0.05, 0.1) is 18.8 Å². The van der Waals surface area contributed by atoms with E-state index in [1.807, 2.05) is 30.3 Å². The average Bonchev–Trinajstić information content (AvgIpc) is 2.93. The fourth-order valence-corrected chi connectivity index (χ4v) is 3.36. The zero-order chi connectivity index (χ0) is 12.4. The van der Waals surface area contributed by atoms with Crippen LogP contribution in [0.3, 0.4) is 0 Å². The van der Waals surface area contributed by atoms with Crippen molar-refractivity contribution in [1.29, 1.82) is 0 Å². The lowest BCUT2D eigenvalue weighted by Gasteiger charge is -2.33. The summed E-state index contributed by atoms with van der Waals surface area (Å²) in [7, 11) is 0. The van der Waals surface area contributed by atoms with Crippen LogP contribution < -0.4 is 0 Å². The number of alkyl halides is 1. The molecule has 0 unspecified atom stereocenters. The summed E-state index contributed by atoms with van der Waals surface area (Å²) in [4.78, 5) is 2.29. The maximum atomic E-state index is 14.1. The van der Waals surface area contributed by atoms with Gasteiger partial charge in [-0.25, -0.2) is 4.39 Å². The van der Waals surface area contributed by atoms with Crippen molar-refractivity contribution in [3.8, 4) is 0 Å². The molecule has 0 amide bonds. The minimum atomic E-state index is -0.712. The highest BCUT2D eigenvalue weighted by atomic mass is 19.1. The van der Waals surface area contributed by atoms with Crippen LogP contribution in [0.1, 0.15) is 24.8 Å². The van der Waals surface area contributed by atoms with Gasteiger partial charge in [-0.3, -0.25) is 4.90 Å². The van der Waals surface area contributed by atoms with Crippen LogP contribution >= 0.6 is 0 Å². The summed E-state index contributed by atoms with van der Waals surface area (Å²) in [6, 6.07) is 10.1. The highest BCUT2D eigenvalue weighted by Gasteiger charge is 2.51. The summed E-state index contributed by atoms with van der Waals surface area (Å²) >= 11 is 0. The number of benzene rings is 1. The van der Waals surface area contributed by atoms with Crippen molar-refractivity contribution in [2.75, 3.05) is 19.7 Å². The second kappa shape index (κ2) is 4.98. The van der Waals surface area contributed by atoms with E-state index in [4.69, 9.17) is 4.74 Å². The molecule has 0 spiro atoms. The lowest BCUT2D eigenvalue weighted by Crippen LogP contribution is -2.48. The largest absolute Gasteiger partial charge is 0.375 e. The zero-order valence-corrected chi connectivity index (χ0v) is 10.6. The summed E-state index contributed by atoms with van der Waals surface area (Å²) in [6.07, 6.45) is 2.02. The number of hydrogen-bond acceptors (Lipinski definition) is 2. The third kappa shape index (κ3) is 2.06. The van der Waals surface area contributed by atoms with Gasteiger partial charge in [-0.1, -0.05) is 30.3 Å². The molecule has 1 aromatic carbocycles. The van der Waals surface area contributed by atoms with Crippen LogP contribution in [-0.2, 0) is 11.3 Å². The van der Waals surface area contributed by atoms with Gasteiger partial charge in [-0.2, -0.15) is 0 Å². The second-order valence-corrected chi connectivity index (χ2v) is 5.43. The molecule has 0 N–H and O–H groups in total. The van der Waals surface area contributed by atoms with E-state index in [-0.39, 0.29) is 5.54 Å². The third-order valence-corrected chi connectivity index (χ3v) is 4.37.